The van der Waals surface area contributed by atoms with E-state index >= 15 is 0 Å². The normalized spacial score (nSPS) is 20.2. The summed E-state index contributed by atoms with van der Waals surface area (Å²) < 4.78 is 33.7. The molecule has 1 aliphatic rings. The van der Waals surface area contributed by atoms with Gasteiger partial charge in [0.1, 0.15) is 11.5 Å². The highest BCUT2D eigenvalue weighted by atomic mass is 19.3. The Morgan fingerprint density at radius 2 is 1.58 bits per heavy atom. The molecule has 1 fully saturated rings. The Labute approximate surface area is 155 Å². The van der Waals surface area contributed by atoms with Crippen LogP contribution in [-0.4, -0.2) is 12.6 Å². The van der Waals surface area contributed by atoms with Crippen LogP contribution in [0.3, 0.4) is 0 Å². The maximum absolute atomic E-state index is 12.1. The summed E-state index contributed by atoms with van der Waals surface area (Å²) in [5.74, 6) is 1.63. The fourth-order valence-corrected chi connectivity index (χ4v) is 3.69. The van der Waals surface area contributed by atoms with Crippen molar-refractivity contribution in [1.29, 1.82) is 0 Å². The van der Waals surface area contributed by atoms with Gasteiger partial charge in [-0.05, 0) is 42.5 Å². The van der Waals surface area contributed by atoms with Gasteiger partial charge in [0, 0.05) is 6.42 Å². The van der Waals surface area contributed by atoms with Crippen molar-refractivity contribution in [1.82, 2.24) is 0 Å². The van der Waals surface area contributed by atoms with E-state index in [-0.39, 0.29) is 11.7 Å². The molecule has 0 N–H and O–H groups in total. The Kier molecular flexibility index (Phi) is 8.86. The SMILES string of the molecule is CCCCCC1CCC(CCC(=O)Oc2ccc(OC(F)F)cc2)CC1. The summed E-state index contributed by atoms with van der Waals surface area (Å²) in [5, 5.41) is 0. The second-order valence-electron chi connectivity index (χ2n) is 7.25. The molecule has 5 heteroatoms. The minimum Gasteiger partial charge on any atom is -0.435 e. The third-order valence-electron chi connectivity index (χ3n) is 5.22. The number of unbranched alkanes of at least 4 members (excludes halogenated alkanes) is 2. The second-order valence-corrected chi connectivity index (χ2v) is 7.25. The highest BCUT2D eigenvalue weighted by Crippen LogP contribution is 2.34. The summed E-state index contributed by atoms with van der Waals surface area (Å²) >= 11 is 0. The van der Waals surface area contributed by atoms with Crippen molar-refractivity contribution in [3.8, 4) is 11.5 Å². The number of carbonyl (C=O) groups excluding carboxylic acids is 1. The first-order chi connectivity index (χ1) is 12.6. The summed E-state index contributed by atoms with van der Waals surface area (Å²) in [5.41, 5.74) is 0. The standard InChI is InChI=1S/C21H30F2O3/c1-2-3-4-5-16-6-8-17(9-7-16)10-15-20(24)25-18-11-13-19(14-12-18)26-21(22)23/h11-14,16-17,21H,2-10,15H2,1H3. The van der Waals surface area contributed by atoms with Crippen LogP contribution in [0.15, 0.2) is 24.3 Å². The lowest BCUT2D eigenvalue weighted by Crippen LogP contribution is -2.17. The van der Waals surface area contributed by atoms with E-state index in [1.807, 2.05) is 0 Å². The van der Waals surface area contributed by atoms with E-state index in [0.29, 0.717) is 18.1 Å². The number of halogens is 2. The number of rotatable bonds is 10. The lowest BCUT2D eigenvalue weighted by atomic mass is 9.78. The molecule has 146 valence electrons. The molecule has 1 aromatic carbocycles. The predicted molar refractivity (Wildman–Crippen MR) is 97.5 cm³/mol. The molecular formula is C21H30F2O3. The fraction of sp³-hybridized carbons (Fsp3) is 0.667. The highest BCUT2D eigenvalue weighted by Gasteiger charge is 2.21. The van der Waals surface area contributed by atoms with Gasteiger partial charge in [0.05, 0.1) is 0 Å². The summed E-state index contributed by atoms with van der Waals surface area (Å²) in [6.07, 6.45) is 11.6. The molecular weight excluding hydrogens is 338 g/mol. The van der Waals surface area contributed by atoms with Crippen molar-refractivity contribution >= 4 is 5.97 Å². The van der Waals surface area contributed by atoms with Crippen LogP contribution in [0, 0.1) is 11.8 Å². The van der Waals surface area contributed by atoms with Gasteiger partial charge in [0.2, 0.25) is 0 Å². The molecule has 0 atom stereocenters. The first-order valence-electron chi connectivity index (χ1n) is 9.82. The molecule has 3 nitrogen and oxygen atoms in total. The van der Waals surface area contributed by atoms with Gasteiger partial charge < -0.3 is 9.47 Å². The molecule has 0 unspecified atom stereocenters. The highest BCUT2D eigenvalue weighted by molar-refractivity contribution is 5.72. The molecule has 0 radical (unpaired) electrons. The monoisotopic (exact) mass is 368 g/mol. The quantitative estimate of drug-likeness (QED) is 0.274. The Hall–Kier alpha value is -1.65. The first-order valence-corrected chi connectivity index (χ1v) is 9.82. The number of carbonyl (C=O) groups is 1. The van der Waals surface area contributed by atoms with Crippen LogP contribution >= 0.6 is 0 Å². The molecule has 0 bridgehead atoms. The van der Waals surface area contributed by atoms with E-state index in [0.717, 1.165) is 12.3 Å². The smallest absolute Gasteiger partial charge is 0.387 e. The van der Waals surface area contributed by atoms with E-state index in [2.05, 4.69) is 11.7 Å². The van der Waals surface area contributed by atoms with Gasteiger partial charge >= 0.3 is 12.6 Å². The molecule has 0 amide bonds. The van der Waals surface area contributed by atoms with Crippen LogP contribution in [0.25, 0.3) is 0 Å². The molecule has 1 saturated carbocycles. The van der Waals surface area contributed by atoms with E-state index in [4.69, 9.17) is 4.74 Å². The number of esters is 1. The van der Waals surface area contributed by atoms with Crippen LogP contribution in [0.2, 0.25) is 0 Å². The molecule has 1 aliphatic carbocycles. The molecule has 0 aliphatic heterocycles. The van der Waals surface area contributed by atoms with Crippen molar-refractivity contribution < 1.29 is 23.0 Å². The van der Waals surface area contributed by atoms with E-state index in [1.54, 1.807) is 0 Å². The summed E-state index contributed by atoms with van der Waals surface area (Å²) in [7, 11) is 0. The van der Waals surface area contributed by atoms with Gasteiger partial charge in [-0.3, -0.25) is 4.79 Å². The number of alkyl halides is 2. The number of benzene rings is 1. The van der Waals surface area contributed by atoms with Crippen molar-refractivity contribution in [2.75, 3.05) is 0 Å². The van der Waals surface area contributed by atoms with Gasteiger partial charge in [-0.15, -0.1) is 0 Å². The lowest BCUT2D eigenvalue weighted by Gasteiger charge is -2.28. The third-order valence-corrected chi connectivity index (χ3v) is 5.22. The molecule has 0 spiro atoms. The molecule has 26 heavy (non-hydrogen) atoms. The largest absolute Gasteiger partial charge is 0.435 e. The van der Waals surface area contributed by atoms with Gasteiger partial charge in [-0.2, -0.15) is 8.78 Å². The zero-order chi connectivity index (χ0) is 18.8. The molecule has 0 saturated heterocycles. The van der Waals surface area contributed by atoms with Crippen LogP contribution in [0.1, 0.15) is 71.1 Å². The average molecular weight is 368 g/mol. The van der Waals surface area contributed by atoms with E-state index in [1.165, 1.54) is 75.6 Å². The lowest BCUT2D eigenvalue weighted by molar-refractivity contribution is -0.134. The zero-order valence-corrected chi connectivity index (χ0v) is 15.6. The number of hydrogen-bond donors (Lipinski definition) is 0. The predicted octanol–water partition coefficient (Wildman–Crippen LogP) is 6.36. The average Bonchev–Trinajstić information content (AvgIpc) is 2.62. The molecule has 0 aromatic heterocycles. The summed E-state index contributed by atoms with van der Waals surface area (Å²) in [6, 6.07) is 5.68. The molecule has 2 rings (SSSR count). The van der Waals surface area contributed by atoms with Gasteiger partial charge in [0.15, 0.2) is 0 Å². The molecule has 0 heterocycles. The summed E-state index contributed by atoms with van der Waals surface area (Å²) in [6.45, 7) is -0.619. The topological polar surface area (TPSA) is 35.5 Å². The van der Waals surface area contributed by atoms with Crippen molar-refractivity contribution in [3.05, 3.63) is 24.3 Å². The first kappa shape index (κ1) is 20.7. The number of ether oxygens (including phenoxy) is 2. The zero-order valence-electron chi connectivity index (χ0n) is 15.6. The van der Waals surface area contributed by atoms with Gasteiger partial charge in [-0.25, -0.2) is 0 Å². The van der Waals surface area contributed by atoms with Crippen LogP contribution < -0.4 is 9.47 Å². The number of hydrogen-bond acceptors (Lipinski definition) is 3. The van der Waals surface area contributed by atoms with Gasteiger partial charge in [-0.1, -0.05) is 58.3 Å². The van der Waals surface area contributed by atoms with Crippen molar-refractivity contribution in [2.45, 2.75) is 77.7 Å². The Morgan fingerprint density at radius 3 is 2.15 bits per heavy atom. The van der Waals surface area contributed by atoms with Crippen LogP contribution in [0.4, 0.5) is 8.78 Å². The Balaban J connectivity index is 1.63. The Bertz CT molecular complexity index is 523. The third kappa shape index (κ3) is 7.71. The van der Waals surface area contributed by atoms with E-state index in [9.17, 15) is 13.6 Å². The minimum absolute atomic E-state index is 0.0514. The van der Waals surface area contributed by atoms with Crippen LogP contribution in [0.5, 0.6) is 11.5 Å². The maximum Gasteiger partial charge on any atom is 0.387 e. The van der Waals surface area contributed by atoms with Crippen molar-refractivity contribution in [2.24, 2.45) is 11.8 Å². The van der Waals surface area contributed by atoms with Crippen LogP contribution in [-0.2, 0) is 4.79 Å². The van der Waals surface area contributed by atoms with Crippen molar-refractivity contribution in [3.63, 3.8) is 0 Å². The van der Waals surface area contributed by atoms with Gasteiger partial charge in [0.25, 0.3) is 0 Å². The summed E-state index contributed by atoms with van der Waals surface area (Å²) in [4.78, 5) is 12.0. The molecule has 1 aromatic rings. The van der Waals surface area contributed by atoms with E-state index < -0.39 is 6.61 Å². The maximum atomic E-state index is 12.1. The Morgan fingerprint density at radius 1 is 1.00 bits per heavy atom. The second kappa shape index (κ2) is 11.1. The minimum atomic E-state index is -2.86. The fourth-order valence-electron chi connectivity index (χ4n) is 3.69.